The normalized spacial score (nSPS) is 20.9. The van der Waals surface area contributed by atoms with E-state index in [1.807, 2.05) is 13.1 Å². The number of rotatable bonds is 5. The Hall–Kier alpha value is -1.17. The molecule has 1 N–H and O–H groups in total. The van der Waals surface area contributed by atoms with Crippen LogP contribution in [0.3, 0.4) is 0 Å². The highest BCUT2D eigenvalue weighted by Gasteiger charge is 2.20. The van der Waals surface area contributed by atoms with Crippen molar-refractivity contribution in [3.8, 4) is 5.75 Å². The molecular formula is C15H23FN2O2. The first-order valence-corrected chi connectivity index (χ1v) is 6.98. The Morgan fingerprint density at radius 1 is 1.55 bits per heavy atom. The van der Waals surface area contributed by atoms with Crippen LogP contribution in [0, 0.1) is 5.82 Å². The van der Waals surface area contributed by atoms with Crippen LogP contribution in [0.2, 0.25) is 0 Å². The Labute approximate surface area is 119 Å². The van der Waals surface area contributed by atoms with E-state index in [4.69, 9.17) is 9.47 Å². The maximum atomic E-state index is 13.8. The van der Waals surface area contributed by atoms with E-state index in [9.17, 15) is 4.39 Å². The van der Waals surface area contributed by atoms with Crippen LogP contribution in [-0.2, 0) is 4.74 Å². The Morgan fingerprint density at radius 2 is 2.35 bits per heavy atom. The molecule has 0 saturated carbocycles. The first kappa shape index (κ1) is 15.2. The molecule has 2 rings (SSSR count). The van der Waals surface area contributed by atoms with Crippen molar-refractivity contribution >= 4 is 0 Å². The Bertz CT molecular complexity index is 436. The second-order valence-electron chi connectivity index (χ2n) is 5.21. The second-order valence-corrected chi connectivity index (χ2v) is 5.21. The molecule has 4 nitrogen and oxygen atoms in total. The summed E-state index contributed by atoms with van der Waals surface area (Å²) in [7, 11) is 3.51. The van der Waals surface area contributed by atoms with E-state index >= 15 is 0 Å². The standard InChI is InChI=1S/C15H23FN2O2/c1-11(12-4-5-15(19-3)14(16)8-12)18(2)10-13-9-17-6-7-20-13/h4-5,8,11,13,17H,6-7,9-10H2,1-3H3. The van der Waals surface area contributed by atoms with Gasteiger partial charge in [0.15, 0.2) is 11.6 Å². The quantitative estimate of drug-likeness (QED) is 0.893. The lowest BCUT2D eigenvalue weighted by atomic mass is 10.1. The van der Waals surface area contributed by atoms with Crippen molar-refractivity contribution in [2.24, 2.45) is 0 Å². The van der Waals surface area contributed by atoms with E-state index in [0.29, 0.717) is 0 Å². The molecule has 1 saturated heterocycles. The Kier molecular flexibility index (Phi) is 5.34. The van der Waals surface area contributed by atoms with Crippen LogP contribution in [0.25, 0.3) is 0 Å². The smallest absolute Gasteiger partial charge is 0.165 e. The molecule has 2 unspecified atom stereocenters. The second kappa shape index (κ2) is 7.02. The highest BCUT2D eigenvalue weighted by atomic mass is 19.1. The molecule has 0 aromatic heterocycles. The van der Waals surface area contributed by atoms with Gasteiger partial charge in [-0.25, -0.2) is 4.39 Å². The summed E-state index contributed by atoms with van der Waals surface area (Å²) < 4.78 is 24.4. The number of likely N-dealkylation sites (N-methyl/N-ethyl adjacent to an activating group) is 1. The Morgan fingerprint density at radius 3 is 2.95 bits per heavy atom. The minimum absolute atomic E-state index is 0.126. The number of ether oxygens (including phenoxy) is 2. The van der Waals surface area contributed by atoms with Crippen LogP contribution >= 0.6 is 0 Å². The third kappa shape index (κ3) is 3.69. The van der Waals surface area contributed by atoms with Crippen molar-refractivity contribution in [2.75, 3.05) is 40.4 Å². The molecular weight excluding hydrogens is 259 g/mol. The number of nitrogens with zero attached hydrogens (tertiary/aromatic N) is 1. The lowest BCUT2D eigenvalue weighted by Gasteiger charge is -2.31. The molecule has 0 radical (unpaired) electrons. The summed E-state index contributed by atoms with van der Waals surface area (Å²) in [5.41, 5.74) is 0.939. The molecule has 20 heavy (non-hydrogen) atoms. The van der Waals surface area contributed by atoms with Crippen molar-refractivity contribution in [1.29, 1.82) is 0 Å². The van der Waals surface area contributed by atoms with Crippen LogP contribution in [0.5, 0.6) is 5.75 Å². The molecule has 0 bridgehead atoms. The van der Waals surface area contributed by atoms with Crippen molar-refractivity contribution < 1.29 is 13.9 Å². The summed E-state index contributed by atoms with van der Waals surface area (Å²) in [5, 5.41) is 3.31. The molecule has 1 aromatic rings. The van der Waals surface area contributed by atoms with Gasteiger partial charge in [0.05, 0.1) is 19.8 Å². The van der Waals surface area contributed by atoms with E-state index in [2.05, 4.69) is 17.1 Å². The summed E-state index contributed by atoms with van der Waals surface area (Å²) in [6, 6.07) is 5.25. The van der Waals surface area contributed by atoms with E-state index in [1.54, 1.807) is 12.1 Å². The average Bonchev–Trinajstić information content (AvgIpc) is 2.47. The first-order valence-electron chi connectivity index (χ1n) is 6.98. The Balaban J connectivity index is 1.98. The van der Waals surface area contributed by atoms with Gasteiger partial charge in [0.25, 0.3) is 0 Å². The van der Waals surface area contributed by atoms with Gasteiger partial charge in [0.1, 0.15) is 0 Å². The van der Waals surface area contributed by atoms with Gasteiger partial charge < -0.3 is 14.8 Å². The van der Waals surface area contributed by atoms with Crippen LogP contribution in [0.15, 0.2) is 18.2 Å². The van der Waals surface area contributed by atoms with Gasteiger partial charge in [-0.3, -0.25) is 4.90 Å². The maximum Gasteiger partial charge on any atom is 0.165 e. The maximum absolute atomic E-state index is 13.8. The third-order valence-electron chi connectivity index (χ3n) is 3.82. The number of halogens is 1. The van der Waals surface area contributed by atoms with E-state index in [-0.39, 0.29) is 23.7 Å². The summed E-state index contributed by atoms with van der Waals surface area (Å²) in [5.74, 6) is -0.0377. The van der Waals surface area contributed by atoms with Gasteiger partial charge >= 0.3 is 0 Å². The zero-order valence-corrected chi connectivity index (χ0v) is 12.4. The van der Waals surface area contributed by atoms with Gasteiger partial charge in [0.2, 0.25) is 0 Å². The summed E-state index contributed by atoms with van der Waals surface area (Å²) >= 11 is 0. The minimum atomic E-state index is -0.319. The zero-order chi connectivity index (χ0) is 14.5. The van der Waals surface area contributed by atoms with Gasteiger partial charge in [-0.05, 0) is 31.7 Å². The van der Waals surface area contributed by atoms with Crippen LogP contribution in [0.1, 0.15) is 18.5 Å². The number of methoxy groups -OCH3 is 1. The van der Waals surface area contributed by atoms with Crippen molar-refractivity contribution in [3.63, 3.8) is 0 Å². The lowest BCUT2D eigenvalue weighted by molar-refractivity contribution is 0.00391. The monoisotopic (exact) mass is 282 g/mol. The van der Waals surface area contributed by atoms with Crippen LogP contribution in [-0.4, -0.2) is 51.4 Å². The van der Waals surface area contributed by atoms with Crippen molar-refractivity contribution in [2.45, 2.75) is 19.1 Å². The van der Waals surface area contributed by atoms with Crippen LogP contribution < -0.4 is 10.1 Å². The van der Waals surface area contributed by atoms with Gasteiger partial charge in [0, 0.05) is 25.7 Å². The van der Waals surface area contributed by atoms with Gasteiger partial charge in [-0.1, -0.05) is 6.07 Å². The van der Waals surface area contributed by atoms with Crippen LogP contribution in [0.4, 0.5) is 4.39 Å². The van der Waals surface area contributed by atoms with Crippen molar-refractivity contribution in [1.82, 2.24) is 10.2 Å². The summed E-state index contributed by atoms with van der Waals surface area (Å²) in [6.07, 6.45) is 0.194. The van der Waals surface area contributed by atoms with E-state index < -0.39 is 0 Å². The highest BCUT2D eigenvalue weighted by molar-refractivity contribution is 5.30. The fourth-order valence-corrected chi connectivity index (χ4v) is 2.41. The summed E-state index contributed by atoms with van der Waals surface area (Å²) in [4.78, 5) is 2.18. The molecule has 0 spiro atoms. The molecule has 1 aromatic carbocycles. The molecule has 2 atom stereocenters. The molecule has 0 amide bonds. The molecule has 1 aliphatic rings. The first-order chi connectivity index (χ1) is 9.61. The number of morpholine rings is 1. The fraction of sp³-hybridized carbons (Fsp3) is 0.600. The minimum Gasteiger partial charge on any atom is -0.494 e. The van der Waals surface area contributed by atoms with Gasteiger partial charge in [-0.2, -0.15) is 0 Å². The van der Waals surface area contributed by atoms with E-state index in [0.717, 1.165) is 31.8 Å². The number of hydrogen-bond donors (Lipinski definition) is 1. The molecule has 1 heterocycles. The highest BCUT2D eigenvalue weighted by Crippen LogP contribution is 2.24. The largest absolute Gasteiger partial charge is 0.494 e. The number of benzene rings is 1. The lowest BCUT2D eigenvalue weighted by Crippen LogP contribution is -2.44. The fourth-order valence-electron chi connectivity index (χ4n) is 2.41. The summed E-state index contributed by atoms with van der Waals surface area (Å²) in [6.45, 7) is 5.43. The average molecular weight is 282 g/mol. The van der Waals surface area contributed by atoms with Crippen molar-refractivity contribution in [3.05, 3.63) is 29.6 Å². The zero-order valence-electron chi connectivity index (χ0n) is 12.4. The van der Waals surface area contributed by atoms with Gasteiger partial charge in [-0.15, -0.1) is 0 Å². The van der Waals surface area contributed by atoms with E-state index in [1.165, 1.54) is 7.11 Å². The number of hydrogen-bond acceptors (Lipinski definition) is 4. The molecule has 1 aliphatic heterocycles. The molecule has 112 valence electrons. The third-order valence-corrected chi connectivity index (χ3v) is 3.82. The SMILES string of the molecule is COc1ccc(C(C)N(C)CC2CNCCO2)cc1F. The molecule has 5 heteroatoms. The predicted octanol–water partition coefficient (Wildman–Crippen LogP) is 1.82. The topological polar surface area (TPSA) is 33.7 Å². The molecule has 1 fully saturated rings. The number of nitrogens with one attached hydrogen (secondary N) is 1. The molecule has 0 aliphatic carbocycles. The predicted molar refractivity (Wildman–Crippen MR) is 76.6 cm³/mol.